The molecule has 18 heavy (non-hydrogen) atoms. The minimum atomic E-state index is -3.68. The van der Waals surface area contributed by atoms with Crippen LogP contribution in [0.5, 0.6) is 0 Å². The number of rotatable bonds is 6. The van der Waals surface area contributed by atoms with E-state index in [2.05, 4.69) is 4.72 Å². The molecule has 1 rings (SSSR count). The van der Waals surface area contributed by atoms with E-state index in [0.29, 0.717) is 19.5 Å². The normalized spacial score (nSPS) is 21.4. The van der Waals surface area contributed by atoms with Gasteiger partial charge in [0.25, 0.3) is 10.2 Å². The highest BCUT2D eigenvalue weighted by Gasteiger charge is 2.32. The number of carboxylic acids is 1. The van der Waals surface area contributed by atoms with Gasteiger partial charge in [-0.25, -0.2) is 0 Å². The molecule has 2 unspecified atom stereocenters. The number of carboxylic acid groups (broad SMARTS) is 1. The maximum absolute atomic E-state index is 12.1. The second-order valence-electron chi connectivity index (χ2n) is 4.78. The summed E-state index contributed by atoms with van der Waals surface area (Å²) in [6, 6.07) is -1.05. The first-order valence-corrected chi connectivity index (χ1v) is 7.82. The van der Waals surface area contributed by atoms with E-state index in [1.807, 2.05) is 6.92 Å². The second kappa shape index (κ2) is 6.49. The number of nitrogens with zero attached hydrogens (tertiary/aromatic N) is 1. The quantitative estimate of drug-likeness (QED) is 0.752. The van der Waals surface area contributed by atoms with E-state index in [1.165, 1.54) is 4.31 Å². The Kier molecular flexibility index (Phi) is 5.55. The van der Waals surface area contributed by atoms with Crippen LogP contribution in [0.1, 0.15) is 39.5 Å². The molecule has 0 aromatic carbocycles. The standard InChI is InChI=1S/C11H22N2O4S/c1-3-9(2)10(11(14)15)12-18(16,17)13-7-5-4-6-8-13/h9-10,12H,3-8H2,1-2H3,(H,14,15). The first-order valence-electron chi connectivity index (χ1n) is 6.38. The Bertz CT molecular complexity index is 377. The molecule has 0 saturated carbocycles. The fraction of sp³-hybridized carbons (Fsp3) is 0.909. The number of carbonyl (C=O) groups is 1. The Morgan fingerprint density at radius 2 is 1.89 bits per heavy atom. The zero-order chi connectivity index (χ0) is 13.8. The first-order chi connectivity index (χ1) is 8.38. The van der Waals surface area contributed by atoms with Crippen LogP contribution >= 0.6 is 0 Å². The minimum Gasteiger partial charge on any atom is -0.480 e. The average molecular weight is 278 g/mol. The Morgan fingerprint density at radius 1 is 1.33 bits per heavy atom. The lowest BCUT2D eigenvalue weighted by atomic mass is 10.0. The van der Waals surface area contributed by atoms with Crippen LogP contribution in [0.2, 0.25) is 0 Å². The minimum absolute atomic E-state index is 0.234. The van der Waals surface area contributed by atoms with Crippen molar-refractivity contribution in [1.82, 2.24) is 9.03 Å². The zero-order valence-corrected chi connectivity index (χ0v) is 11.7. The smallest absolute Gasteiger partial charge is 0.322 e. The van der Waals surface area contributed by atoms with Crippen LogP contribution in [0.15, 0.2) is 0 Å². The summed E-state index contributed by atoms with van der Waals surface area (Å²) in [6.45, 7) is 4.53. The number of hydrogen-bond acceptors (Lipinski definition) is 3. The van der Waals surface area contributed by atoms with Crippen molar-refractivity contribution in [2.45, 2.75) is 45.6 Å². The molecule has 0 bridgehead atoms. The van der Waals surface area contributed by atoms with E-state index in [0.717, 1.165) is 19.3 Å². The highest BCUT2D eigenvalue weighted by atomic mass is 32.2. The Hall–Kier alpha value is -0.660. The lowest BCUT2D eigenvalue weighted by Crippen LogP contribution is -2.51. The summed E-state index contributed by atoms with van der Waals surface area (Å²) in [5, 5.41) is 9.09. The molecule has 0 spiro atoms. The number of aliphatic carboxylic acids is 1. The zero-order valence-electron chi connectivity index (χ0n) is 10.9. The van der Waals surface area contributed by atoms with Gasteiger partial charge in [0.2, 0.25) is 0 Å². The molecule has 2 atom stereocenters. The van der Waals surface area contributed by atoms with E-state index < -0.39 is 22.2 Å². The molecule has 1 saturated heterocycles. The molecule has 0 aromatic rings. The van der Waals surface area contributed by atoms with Crippen LogP contribution in [0, 0.1) is 5.92 Å². The number of nitrogens with one attached hydrogen (secondary N) is 1. The van der Waals surface area contributed by atoms with Gasteiger partial charge in [0, 0.05) is 13.1 Å². The third-order valence-corrected chi connectivity index (χ3v) is 5.01. The summed E-state index contributed by atoms with van der Waals surface area (Å²) >= 11 is 0. The van der Waals surface area contributed by atoms with Crippen molar-refractivity contribution in [3.05, 3.63) is 0 Å². The van der Waals surface area contributed by atoms with Gasteiger partial charge in [0.05, 0.1) is 0 Å². The molecule has 1 aliphatic rings. The van der Waals surface area contributed by atoms with Crippen molar-refractivity contribution in [1.29, 1.82) is 0 Å². The molecule has 0 radical (unpaired) electrons. The van der Waals surface area contributed by atoms with Crippen molar-refractivity contribution in [2.75, 3.05) is 13.1 Å². The maximum atomic E-state index is 12.1. The Labute approximate surface area is 109 Å². The second-order valence-corrected chi connectivity index (χ2v) is 6.49. The van der Waals surface area contributed by atoms with E-state index in [-0.39, 0.29) is 5.92 Å². The van der Waals surface area contributed by atoms with Crippen molar-refractivity contribution in [2.24, 2.45) is 5.92 Å². The van der Waals surface area contributed by atoms with Gasteiger partial charge in [-0.3, -0.25) is 4.79 Å². The monoisotopic (exact) mass is 278 g/mol. The summed E-state index contributed by atoms with van der Waals surface area (Å²) < 4.78 is 27.8. The highest BCUT2D eigenvalue weighted by molar-refractivity contribution is 7.87. The van der Waals surface area contributed by atoms with Crippen LogP contribution in [0.3, 0.4) is 0 Å². The lowest BCUT2D eigenvalue weighted by Gasteiger charge is -2.29. The van der Waals surface area contributed by atoms with Crippen LogP contribution in [-0.4, -0.2) is 42.9 Å². The Balaban J connectivity index is 2.75. The van der Waals surface area contributed by atoms with Gasteiger partial charge in [-0.2, -0.15) is 17.4 Å². The van der Waals surface area contributed by atoms with Crippen LogP contribution in [0.4, 0.5) is 0 Å². The summed E-state index contributed by atoms with van der Waals surface area (Å²) in [6.07, 6.45) is 3.31. The van der Waals surface area contributed by atoms with Crippen molar-refractivity contribution >= 4 is 16.2 Å². The van der Waals surface area contributed by atoms with Gasteiger partial charge in [0.15, 0.2) is 0 Å². The molecular formula is C11H22N2O4S. The number of piperidine rings is 1. The van der Waals surface area contributed by atoms with Crippen molar-refractivity contribution < 1.29 is 18.3 Å². The van der Waals surface area contributed by atoms with Crippen LogP contribution < -0.4 is 4.72 Å². The Morgan fingerprint density at radius 3 is 2.33 bits per heavy atom. The van der Waals surface area contributed by atoms with Gasteiger partial charge in [0.1, 0.15) is 6.04 Å². The van der Waals surface area contributed by atoms with Gasteiger partial charge < -0.3 is 5.11 Å². The third-order valence-electron chi connectivity index (χ3n) is 3.41. The molecule has 0 aromatic heterocycles. The van der Waals surface area contributed by atoms with Crippen LogP contribution in [-0.2, 0) is 15.0 Å². The van der Waals surface area contributed by atoms with Gasteiger partial charge in [-0.1, -0.05) is 26.7 Å². The number of hydrogen-bond donors (Lipinski definition) is 2. The molecule has 1 heterocycles. The molecule has 0 aliphatic carbocycles. The first kappa shape index (κ1) is 15.4. The topological polar surface area (TPSA) is 86.7 Å². The summed E-state index contributed by atoms with van der Waals surface area (Å²) in [5.74, 6) is -1.35. The summed E-state index contributed by atoms with van der Waals surface area (Å²) in [4.78, 5) is 11.1. The predicted octanol–water partition coefficient (Wildman–Crippen LogP) is 0.806. The summed E-state index contributed by atoms with van der Waals surface area (Å²) in [7, 11) is -3.68. The third kappa shape index (κ3) is 3.93. The SMILES string of the molecule is CCC(C)C(NS(=O)(=O)N1CCCCC1)C(=O)O. The molecule has 0 amide bonds. The van der Waals surface area contributed by atoms with Crippen LogP contribution in [0.25, 0.3) is 0 Å². The molecule has 6 nitrogen and oxygen atoms in total. The molecular weight excluding hydrogens is 256 g/mol. The summed E-state index contributed by atoms with van der Waals surface area (Å²) in [5.41, 5.74) is 0. The molecule has 2 N–H and O–H groups in total. The van der Waals surface area contributed by atoms with Crippen molar-refractivity contribution in [3.8, 4) is 0 Å². The largest absolute Gasteiger partial charge is 0.480 e. The fourth-order valence-electron chi connectivity index (χ4n) is 1.99. The average Bonchev–Trinajstić information content (AvgIpc) is 2.36. The maximum Gasteiger partial charge on any atom is 0.322 e. The predicted molar refractivity (Wildman–Crippen MR) is 68.4 cm³/mol. The van der Waals surface area contributed by atoms with Gasteiger partial charge in [-0.15, -0.1) is 0 Å². The molecule has 1 fully saturated rings. The van der Waals surface area contributed by atoms with E-state index >= 15 is 0 Å². The fourth-order valence-corrected chi connectivity index (χ4v) is 3.53. The molecule has 1 aliphatic heterocycles. The van der Waals surface area contributed by atoms with E-state index in [4.69, 9.17) is 5.11 Å². The van der Waals surface area contributed by atoms with Gasteiger partial charge >= 0.3 is 5.97 Å². The molecule has 7 heteroatoms. The van der Waals surface area contributed by atoms with E-state index in [1.54, 1.807) is 6.92 Å². The lowest BCUT2D eigenvalue weighted by molar-refractivity contribution is -0.140. The van der Waals surface area contributed by atoms with Crippen molar-refractivity contribution in [3.63, 3.8) is 0 Å². The van der Waals surface area contributed by atoms with E-state index in [9.17, 15) is 13.2 Å². The van der Waals surface area contributed by atoms with Gasteiger partial charge in [-0.05, 0) is 18.8 Å². The molecule has 106 valence electrons. The highest BCUT2D eigenvalue weighted by Crippen LogP contribution is 2.15.